The van der Waals surface area contributed by atoms with Gasteiger partial charge in [-0.1, -0.05) is 18.6 Å². The number of nitrogens with zero attached hydrogens (tertiary/aromatic N) is 4. The van der Waals surface area contributed by atoms with Gasteiger partial charge in [-0.15, -0.1) is 9.94 Å². The molecule has 2 aromatic rings. The molecule has 1 saturated heterocycles. The summed E-state index contributed by atoms with van der Waals surface area (Å²) in [4.78, 5) is 35.4. The summed E-state index contributed by atoms with van der Waals surface area (Å²) in [6, 6.07) is 6.94. The summed E-state index contributed by atoms with van der Waals surface area (Å²) in [5.41, 5.74) is 2.10. The van der Waals surface area contributed by atoms with Gasteiger partial charge in [0.2, 0.25) is 0 Å². The van der Waals surface area contributed by atoms with Crippen molar-refractivity contribution in [3.63, 3.8) is 0 Å². The maximum atomic E-state index is 12.3. The van der Waals surface area contributed by atoms with Crippen molar-refractivity contribution in [1.29, 1.82) is 0 Å². The van der Waals surface area contributed by atoms with Crippen molar-refractivity contribution in [2.24, 2.45) is 0 Å². The number of amides is 2. The highest BCUT2D eigenvalue weighted by molar-refractivity contribution is 6.21. The van der Waals surface area contributed by atoms with Crippen LogP contribution in [0.4, 0.5) is 0 Å². The van der Waals surface area contributed by atoms with Crippen molar-refractivity contribution < 1.29 is 14.4 Å². The first-order valence-corrected chi connectivity index (χ1v) is 9.57. The van der Waals surface area contributed by atoms with Crippen LogP contribution in [-0.4, -0.2) is 57.8 Å². The predicted molar refractivity (Wildman–Crippen MR) is 99.2 cm³/mol. The van der Waals surface area contributed by atoms with Crippen LogP contribution in [0.25, 0.3) is 0 Å². The standard InChI is InChI=1S/C20H24N4O3/c25-19-17-7-2-3-8-18(17)20(26)23(19)11-6-12-27-24-15-16(13-21-24)14-22-9-4-1-5-10-22/h2-3,7-8,13,15H,1,4-6,9-12,14H2. The molecule has 1 aromatic heterocycles. The third kappa shape index (κ3) is 3.88. The number of hydrogen-bond donors (Lipinski definition) is 0. The first kappa shape index (κ1) is 17.7. The second-order valence-corrected chi connectivity index (χ2v) is 7.08. The van der Waals surface area contributed by atoms with E-state index in [-0.39, 0.29) is 11.8 Å². The van der Waals surface area contributed by atoms with Crippen LogP contribution in [-0.2, 0) is 6.54 Å². The minimum Gasteiger partial charge on any atom is -0.397 e. The Morgan fingerprint density at radius 3 is 2.41 bits per heavy atom. The van der Waals surface area contributed by atoms with Crippen molar-refractivity contribution in [2.75, 3.05) is 26.2 Å². The van der Waals surface area contributed by atoms with Crippen LogP contribution < -0.4 is 4.84 Å². The number of fused-ring (bicyclic) bond motifs is 1. The number of hydrogen-bond acceptors (Lipinski definition) is 5. The third-order valence-corrected chi connectivity index (χ3v) is 5.10. The molecule has 4 rings (SSSR count). The molecule has 1 fully saturated rings. The topological polar surface area (TPSA) is 67.7 Å². The molecule has 0 radical (unpaired) electrons. The van der Waals surface area contributed by atoms with Crippen LogP contribution in [0.2, 0.25) is 0 Å². The highest BCUT2D eigenvalue weighted by Crippen LogP contribution is 2.22. The molecule has 0 atom stereocenters. The minimum atomic E-state index is -0.224. The lowest BCUT2D eigenvalue weighted by molar-refractivity contribution is 0.0578. The van der Waals surface area contributed by atoms with Crippen molar-refractivity contribution in [3.8, 4) is 0 Å². The highest BCUT2D eigenvalue weighted by Gasteiger charge is 2.34. The Balaban J connectivity index is 1.23. The molecular weight excluding hydrogens is 344 g/mol. The Morgan fingerprint density at radius 1 is 1.00 bits per heavy atom. The number of aromatic nitrogens is 2. The van der Waals surface area contributed by atoms with Crippen molar-refractivity contribution in [3.05, 3.63) is 53.3 Å². The van der Waals surface area contributed by atoms with Crippen LogP contribution >= 0.6 is 0 Å². The van der Waals surface area contributed by atoms with Gasteiger partial charge in [-0.2, -0.15) is 0 Å². The Kier molecular flexibility index (Phi) is 5.20. The van der Waals surface area contributed by atoms with Gasteiger partial charge in [0.15, 0.2) is 0 Å². The molecular formula is C20H24N4O3. The van der Waals surface area contributed by atoms with Gasteiger partial charge in [-0.25, -0.2) is 0 Å². The summed E-state index contributed by atoms with van der Waals surface area (Å²) in [5.74, 6) is -0.447. The van der Waals surface area contributed by atoms with Crippen LogP contribution in [0.15, 0.2) is 36.7 Å². The number of carbonyl (C=O) groups excluding carboxylic acids is 2. The van der Waals surface area contributed by atoms with Crippen molar-refractivity contribution >= 4 is 11.8 Å². The quantitative estimate of drug-likeness (QED) is 0.552. The summed E-state index contributed by atoms with van der Waals surface area (Å²) in [7, 11) is 0. The highest BCUT2D eigenvalue weighted by atomic mass is 16.7. The summed E-state index contributed by atoms with van der Waals surface area (Å²) in [6.07, 6.45) is 8.15. The molecule has 7 nitrogen and oxygen atoms in total. The Bertz CT molecular complexity index is 791. The monoisotopic (exact) mass is 368 g/mol. The number of piperidine rings is 1. The second kappa shape index (κ2) is 7.92. The van der Waals surface area contributed by atoms with Gasteiger partial charge < -0.3 is 4.84 Å². The number of rotatable bonds is 7. The van der Waals surface area contributed by atoms with Gasteiger partial charge in [-0.05, 0) is 38.1 Å². The number of imide groups is 1. The lowest BCUT2D eigenvalue weighted by atomic mass is 10.1. The van der Waals surface area contributed by atoms with E-state index in [1.54, 1.807) is 24.3 Å². The molecule has 0 spiro atoms. The van der Waals surface area contributed by atoms with Crippen molar-refractivity contribution in [1.82, 2.24) is 19.7 Å². The van der Waals surface area contributed by atoms with Crippen LogP contribution in [0.5, 0.6) is 0 Å². The van der Waals surface area contributed by atoms with E-state index in [0.717, 1.165) is 25.2 Å². The van der Waals surface area contributed by atoms with E-state index < -0.39 is 0 Å². The first-order chi connectivity index (χ1) is 13.2. The van der Waals surface area contributed by atoms with E-state index in [0.29, 0.717) is 30.7 Å². The fourth-order valence-electron chi connectivity index (χ4n) is 3.69. The molecule has 0 bridgehead atoms. The van der Waals surface area contributed by atoms with Gasteiger partial charge in [0, 0.05) is 25.1 Å². The SMILES string of the molecule is O=C1c2ccccc2C(=O)N1CCCOn1cc(CN2CCCCC2)cn1. The summed E-state index contributed by atoms with van der Waals surface area (Å²) < 4.78 is 0. The Labute approximate surface area is 158 Å². The maximum absolute atomic E-state index is 12.3. The molecule has 2 aliphatic heterocycles. The number of carbonyl (C=O) groups is 2. The zero-order valence-electron chi connectivity index (χ0n) is 15.3. The van der Waals surface area contributed by atoms with Gasteiger partial charge in [-0.3, -0.25) is 19.4 Å². The zero-order valence-corrected chi connectivity index (χ0v) is 15.3. The largest absolute Gasteiger partial charge is 0.397 e. The summed E-state index contributed by atoms with van der Waals surface area (Å²) in [5, 5.41) is 4.23. The molecule has 3 heterocycles. The summed E-state index contributed by atoms with van der Waals surface area (Å²) in [6.45, 7) is 3.92. The molecule has 0 aliphatic carbocycles. The van der Waals surface area contributed by atoms with Gasteiger partial charge in [0.05, 0.1) is 23.5 Å². The molecule has 1 aromatic carbocycles. The normalized spacial score (nSPS) is 17.4. The zero-order chi connectivity index (χ0) is 18.6. The number of likely N-dealkylation sites (tertiary alicyclic amines) is 1. The van der Waals surface area contributed by atoms with Crippen molar-refractivity contribution in [2.45, 2.75) is 32.2 Å². The number of benzene rings is 1. The molecule has 2 amide bonds. The molecule has 7 heteroatoms. The molecule has 0 N–H and O–H groups in total. The van der Waals surface area contributed by atoms with Gasteiger partial charge in [0.25, 0.3) is 11.8 Å². The lowest BCUT2D eigenvalue weighted by Gasteiger charge is -2.25. The molecule has 2 aliphatic rings. The fraction of sp³-hybridized carbons (Fsp3) is 0.450. The van der Waals surface area contributed by atoms with Crippen LogP contribution in [0, 0.1) is 0 Å². The maximum Gasteiger partial charge on any atom is 0.261 e. The second-order valence-electron chi connectivity index (χ2n) is 7.08. The van der Waals surface area contributed by atoms with Gasteiger partial charge >= 0.3 is 0 Å². The van der Waals surface area contributed by atoms with Crippen LogP contribution in [0.3, 0.4) is 0 Å². The molecule has 0 saturated carbocycles. The molecule has 0 unspecified atom stereocenters. The Morgan fingerprint density at radius 2 is 1.70 bits per heavy atom. The van der Waals surface area contributed by atoms with E-state index in [1.807, 2.05) is 12.4 Å². The average molecular weight is 368 g/mol. The van der Waals surface area contributed by atoms with Gasteiger partial charge in [0.1, 0.15) is 6.61 Å². The summed E-state index contributed by atoms with van der Waals surface area (Å²) >= 11 is 0. The smallest absolute Gasteiger partial charge is 0.261 e. The molecule has 27 heavy (non-hydrogen) atoms. The molecule has 142 valence electrons. The Hall–Kier alpha value is -2.67. The van der Waals surface area contributed by atoms with E-state index in [1.165, 1.54) is 29.0 Å². The van der Waals surface area contributed by atoms with E-state index in [2.05, 4.69) is 10.00 Å². The third-order valence-electron chi connectivity index (χ3n) is 5.10. The predicted octanol–water partition coefficient (Wildman–Crippen LogP) is 1.98. The minimum absolute atomic E-state index is 0.224. The first-order valence-electron chi connectivity index (χ1n) is 9.57. The van der Waals surface area contributed by atoms with E-state index in [4.69, 9.17) is 4.84 Å². The van der Waals surface area contributed by atoms with E-state index in [9.17, 15) is 9.59 Å². The lowest BCUT2D eigenvalue weighted by Crippen LogP contribution is -2.32. The van der Waals surface area contributed by atoms with E-state index >= 15 is 0 Å². The average Bonchev–Trinajstić information content (AvgIpc) is 3.24. The van der Waals surface area contributed by atoms with Crippen LogP contribution in [0.1, 0.15) is 52.0 Å². The fourth-order valence-corrected chi connectivity index (χ4v) is 3.69.